The monoisotopic (exact) mass is 298 g/mol. The number of anilines is 1. The van der Waals surface area contributed by atoms with Crippen LogP contribution in [-0.4, -0.2) is 17.8 Å². The lowest BCUT2D eigenvalue weighted by molar-refractivity contribution is 0.340. The Hall–Kier alpha value is -2.81. The number of ether oxygens (including phenoxy) is 1. The number of rotatable bonds is 6. The Labute approximate surface area is 129 Å². The summed E-state index contributed by atoms with van der Waals surface area (Å²) in [7, 11) is 0. The molecule has 1 heterocycles. The van der Waals surface area contributed by atoms with E-state index in [1.807, 2.05) is 51.1 Å². The van der Waals surface area contributed by atoms with E-state index in [0.29, 0.717) is 12.5 Å². The maximum Gasteiger partial charge on any atom is 0.252 e. The molecule has 2 aromatic rings. The zero-order chi connectivity index (χ0) is 15.9. The van der Waals surface area contributed by atoms with Crippen LogP contribution in [0.1, 0.15) is 43.8 Å². The summed E-state index contributed by atoms with van der Waals surface area (Å²) in [6.45, 7) is 6.46. The first-order valence-electron chi connectivity index (χ1n) is 7.06. The van der Waals surface area contributed by atoms with Crippen molar-refractivity contribution in [2.24, 2.45) is 5.10 Å². The second kappa shape index (κ2) is 7.27. The van der Waals surface area contributed by atoms with E-state index in [1.165, 1.54) is 0 Å². The van der Waals surface area contributed by atoms with Crippen LogP contribution >= 0.6 is 0 Å². The largest absolute Gasteiger partial charge is 0.494 e. The van der Waals surface area contributed by atoms with E-state index in [1.54, 1.807) is 6.21 Å². The van der Waals surface area contributed by atoms with Crippen LogP contribution in [-0.2, 0) is 0 Å². The molecular weight excluding hydrogens is 280 g/mol. The highest BCUT2D eigenvalue weighted by molar-refractivity contribution is 5.80. The smallest absolute Gasteiger partial charge is 0.252 e. The van der Waals surface area contributed by atoms with E-state index < -0.39 is 0 Å². The maximum absolute atomic E-state index is 9.03. The van der Waals surface area contributed by atoms with Crippen LogP contribution in [0.15, 0.2) is 33.8 Å². The molecular formula is C16H18N4O2. The molecule has 1 aromatic heterocycles. The van der Waals surface area contributed by atoms with Crippen molar-refractivity contribution in [1.29, 1.82) is 5.26 Å². The Bertz CT molecular complexity index is 681. The van der Waals surface area contributed by atoms with Crippen LogP contribution in [0.4, 0.5) is 5.88 Å². The number of hydrazone groups is 1. The fourth-order valence-electron chi connectivity index (χ4n) is 1.72. The summed E-state index contributed by atoms with van der Waals surface area (Å²) < 4.78 is 10.8. The molecule has 114 valence electrons. The van der Waals surface area contributed by atoms with E-state index in [4.69, 9.17) is 14.4 Å². The SMILES string of the molecule is CCOc1ccc(C=NNc2oc(C(C)C)nc2C#N)cc1. The summed E-state index contributed by atoms with van der Waals surface area (Å²) in [6, 6.07) is 9.51. The third kappa shape index (κ3) is 3.85. The predicted molar refractivity (Wildman–Crippen MR) is 84.1 cm³/mol. The Balaban J connectivity index is 2.04. The van der Waals surface area contributed by atoms with E-state index >= 15 is 0 Å². The molecule has 0 spiro atoms. The number of hydrogen-bond acceptors (Lipinski definition) is 6. The van der Waals surface area contributed by atoms with E-state index in [9.17, 15) is 0 Å². The van der Waals surface area contributed by atoms with Crippen LogP contribution < -0.4 is 10.2 Å². The highest BCUT2D eigenvalue weighted by Gasteiger charge is 2.14. The molecule has 0 aliphatic carbocycles. The maximum atomic E-state index is 9.03. The summed E-state index contributed by atoms with van der Waals surface area (Å²) in [5.41, 5.74) is 3.82. The Morgan fingerprint density at radius 1 is 1.41 bits per heavy atom. The van der Waals surface area contributed by atoms with Gasteiger partial charge in [-0.05, 0) is 36.8 Å². The Kier molecular flexibility index (Phi) is 5.15. The van der Waals surface area contributed by atoms with Crippen LogP contribution in [0, 0.1) is 11.3 Å². The van der Waals surface area contributed by atoms with Gasteiger partial charge in [0.25, 0.3) is 5.88 Å². The van der Waals surface area contributed by atoms with Crippen molar-refractivity contribution in [1.82, 2.24) is 4.98 Å². The average Bonchev–Trinajstić information content (AvgIpc) is 2.93. The first-order valence-corrected chi connectivity index (χ1v) is 7.06. The van der Waals surface area contributed by atoms with Gasteiger partial charge in [0.05, 0.1) is 12.8 Å². The van der Waals surface area contributed by atoms with Gasteiger partial charge in [-0.3, -0.25) is 0 Å². The topological polar surface area (TPSA) is 83.4 Å². The summed E-state index contributed by atoms with van der Waals surface area (Å²) >= 11 is 0. The minimum atomic E-state index is 0.109. The van der Waals surface area contributed by atoms with Crippen molar-refractivity contribution in [3.8, 4) is 11.8 Å². The third-order valence-electron chi connectivity index (χ3n) is 2.81. The molecule has 6 nitrogen and oxygen atoms in total. The minimum absolute atomic E-state index is 0.109. The number of oxazole rings is 1. The highest BCUT2D eigenvalue weighted by Crippen LogP contribution is 2.22. The van der Waals surface area contributed by atoms with Gasteiger partial charge in [0.1, 0.15) is 11.8 Å². The summed E-state index contributed by atoms with van der Waals surface area (Å²) in [5.74, 6) is 1.69. The summed E-state index contributed by atoms with van der Waals surface area (Å²) in [4.78, 5) is 4.11. The number of hydrogen-bond donors (Lipinski definition) is 1. The first kappa shape index (κ1) is 15.6. The van der Waals surface area contributed by atoms with Crippen LogP contribution in [0.5, 0.6) is 5.75 Å². The zero-order valence-corrected chi connectivity index (χ0v) is 12.8. The minimum Gasteiger partial charge on any atom is -0.494 e. The molecule has 1 N–H and O–H groups in total. The molecule has 0 saturated carbocycles. The lowest BCUT2D eigenvalue weighted by atomic mass is 10.2. The first-order chi connectivity index (χ1) is 10.6. The molecule has 0 bridgehead atoms. The lowest BCUT2D eigenvalue weighted by Gasteiger charge is -2.02. The second-order valence-corrected chi connectivity index (χ2v) is 4.87. The average molecular weight is 298 g/mol. The molecule has 0 radical (unpaired) electrons. The van der Waals surface area contributed by atoms with Crippen molar-refractivity contribution in [3.63, 3.8) is 0 Å². The molecule has 0 atom stereocenters. The standard InChI is InChI=1S/C16H18N4O2/c1-4-21-13-7-5-12(6-8-13)10-18-20-16-14(9-17)19-15(22-16)11(2)3/h5-8,10-11,20H,4H2,1-3H3. The van der Waals surface area contributed by atoms with E-state index in [-0.39, 0.29) is 17.5 Å². The molecule has 1 aromatic carbocycles. The molecule has 22 heavy (non-hydrogen) atoms. The second-order valence-electron chi connectivity index (χ2n) is 4.87. The van der Waals surface area contributed by atoms with Crippen LogP contribution in [0.3, 0.4) is 0 Å². The Morgan fingerprint density at radius 3 is 2.73 bits per heavy atom. The van der Waals surface area contributed by atoms with Crippen molar-refractivity contribution >= 4 is 12.1 Å². The molecule has 6 heteroatoms. The fourth-order valence-corrected chi connectivity index (χ4v) is 1.72. The van der Waals surface area contributed by atoms with Gasteiger partial charge in [-0.2, -0.15) is 10.4 Å². The van der Waals surface area contributed by atoms with Gasteiger partial charge in [0.2, 0.25) is 11.6 Å². The van der Waals surface area contributed by atoms with Gasteiger partial charge in [0.15, 0.2) is 0 Å². The number of aromatic nitrogens is 1. The van der Waals surface area contributed by atoms with Gasteiger partial charge in [0, 0.05) is 5.92 Å². The van der Waals surface area contributed by atoms with Gasteiger partial charge < -0.3 is 9.15 Å². The lowest BCUT2D eigenvalue weighted by Crippen LogP contribution is -1.93. The molecule has 0 amide bonds. The highest BCUT2D eigenvalue weighted by atomic mass is 16.5. The molecule has 0 fully saturated rings. The third-order valence-corrected chi connectivity index (χ3v) is 2.81. The molecule has 0 aliphatic heterocycles. The Morgan fingerprint density at radius 2 is 2.14 bits per heavy atom. The number of nitrogens with one attached hydrogen (secondary N) is 1. The van der Waals surface area contributed by atoms with Crippen molar-refractivity contribution < 1.29 is 9.15 Å². The number of nitriles is 1. The molecule has 0 unspecified atom stereocenters. The fraction of sp³-hybridized carbons (Fsp3) is 0.312. The summed E-state index contributed by atoms with van der Waals surface area (Å²) in [5, 5.41) is 13.1. The molecule has 2 rings (SSSR count). The van der Waals surface area contributed by atoms with Crippen LogP contribution in [0.2, 0.25) is 0 Å². The molecule has 0 saturated heterocycles. The van der Waals surface area contributed by atoms with Crippen LogP contribution in [0.25, 0.3) is 0 Å². The van der Waals surface area contributed by atoms with Crippen molar-refractivity contribution in [3.05, 3.63) is 41.4 Å². The molecule has 0 aliphatic rings. The number of nitrogens with zero attached hydrogens (tertiary/aromatic N) is 3. The quantitative estimate of drug-likeness (QED) is 0.651. The van der Waals surface area contributed by atoms with E-state index in [2.05, 4.69) is 15.5 Å². The van der Waals surface area contributed by atoms with E-state index in [0.717, 1.165) is 11.3 Å². The van der Waals surface area contributed by atoms with Gasteiger partial charge >= 0.3 is 0 Å². The number of benzene rings is 1. The normalized spacial score (nSPS) is 10.9. The van der Waals surface area contributed by atoms with Gasteiger partial charge in [-0.1, -0.05) is 13.8 Å². The zero-order valence-electron chi connectivity index (χ0n) is 12.8. The summed E-state index contributed by atoms with van der Waals surface area (Å²) in [6.07, 6.45) is 1.63. The van der Waals surface area contributed by atoms with Gasteiger partial charge in [-0.25, -0.2) is 10.4 Å². The van der Waals surface area contributed by atoms with Crippen molar-refractivity contribution in [2.45, 2.75) is 26.7 Å². The van der Waals surface area contributed by atoms with Gasteiger partial charge in [-0.15, -0.1) is 0 Å². The predicted octanol–water partition coefficient (Wildman–Crippen LogP) is 3.51. The van der Waals surface area contributed by atoms with Crippen molar-refractivity contribution in [2.75, 3.05) is 12.0 Å².